The Morgan fingerprint density at radius 2 is 1.81 bits per heavy atom. The van der Waals surface area contributed by atoms with Gasteiger partial charge in [0, 0.05) is 23.9 Å². The van der Waals surface area contributed by atoms with E-state index in [4.69, 9.17) is 9.47 Å². The van der Waals surface area contributed by atoms with E-state index in [2.05, 4.69) is 5.32 Å². The number of nitrogens with zero attached hydrogens (tertiary/aromatic N) is 2. The predicted octanol–water partition coefficient (Wildman–Crippen LogP) is 3.61. The molecule has 0 aliphatic carbocycles. The van der Waals surface area contributed by atoms with Crippen LogP contribution in [0.4, 0.5) is 11.4 Å². The first-order valence-electron chi connectivity index (χ1n) is 10.3. The zero-order valence-electron chi connectivity index (χ0n) is 18.2. The zero-order valence-corrected chi connectivity index (χ0v) is 18.2. The van der Waals surface area contributed by atoms with Crippen molar-refractivity contribution in [1.82, 2.24) is 4.90 Å². The van der Waals surface area contributed by atoms with Gasteiger partial charge in [-0.05, 0) is 50.6 Å². The third kappa shape index (κ3) is 5.12. The highest BCUT2D eigenvalue weighted by Gasteiger charge is 2.39. The van der Waals surface area contributed by atoms with Crippen LogP contribution in [0.2, 0.25) is 0 Å². The van der Waals surface area contributed by atoms with Gasteiger partial charge in [0.15, 0.2) is 0 Å². The molecule has 0 saturated heterocycles. The van der Waals surface area contributed by atoms with Gasteiger partial charge in [-0.15, -0.1) is 0 Å². The van der Waals surface area contributed by atoms with E-state index >= 15 is 0 Å². The number of imide groups is 1. The van der Waals surface area contributed by atoms with Gasteiger partial charge in [-0.2, -0.15) is 0 Å². The quantitative estimate of drug-likeness (QED) is 0.342. The molecular weight excluding hydrogens is 414 g/mol. The molecule has 0 aromatic heterocycles. The molecule has 0 saturated carbocycles. The number of carbonyl (C=O) groups excluding carboxylic acids is 2. The van der Waals surface area contributed by atoms with Crippen LogP contribution in [-0.4, -0.2) is 47.5 Å². The largest absolute Gasteiger partial charge is 0.494 e. The van der Waals surface area contributed by atoms with Crippen molar-refractivity contribution in [2.45, 2.75) is 26.9 Å². The average molecular weight is 439 g/mol. The van der Waals surface area contributed by atoms with E-state index in [9.17, 15) is 19.7 Å². The number of hydrogen-bond acceptors (Lipinski definition) is 7. The van der Waals surface area contributed by atoms with Crippen LogP contribution in [0.1, 0.15) is 26.3 Å². The van der Waals surface area contributed by atoms with Gasteiger partial charge in [-0.25, -0.2) is 0 Å². The number of rotatable bonds is 10. The van der Waals surface area contributed by atoms with E-state index in [0.29, 0.717) is 23.6 Å². The normalized spacial score (nSPS) is 13.8. The molecule has 2 aromatic carbocycles. The standard InChI is InChI=1S/C23H25N3O6/c1-4-31-19-7-5-6-17(14-19)24-21-20(16-8-10-18(11-9-16)26(29)30)22(27)25(23(21)28)12-13-32-15(2)3/h5-11,14-15,24H,4,12-13H2,1-3H3. The lowest BCUT2D eigenvalue weighted by Gasteiger charge is -2.16. The predicted molar refractivity (Wildman–Crippen MR) is 119 cm³/mol. The minimum atomic E-state index is -0.520. The van der Waals surface area contributed by atoms with Gasteiger partial charge in [0.25, 0.3) is 17.5 Å². The first kappa shape index (κ1) is 23.0. The van der Waals surface area contributed by atoms with Gasteiger partial charge in [0.1, 0.15) is 11.4 Å². The Morgan fingerprint density at radius 1 is 1.09 bits per heavy atom. The molecule has 1 aliphatic rings. The Labute approximate surface area is 185 Å². The molecule has 9 heteroatoms. The molecule has 1 N–H and O–H groups in total. The Morgan fingerprint density at radius 3 is 2.44 bits per heavy atom. The van der Waals surface area contributed by atoms with Crippen molar-refractivity contribution in [2.24, 2.45) is 0 Å². The lowest BCUT2D eigenvalue weighted by molar-refractivity contribution is -0.384. The van der Waals surface area contributed by atoms with Crippen molar-refractivity contribution < 1.29 is 24.0 Å². The number of hydrogen-bond donors (Lipinski definition) is 1. The van der Waals surface area contributed by atoms with E-state index in [1.54, 1.807) is 24.3 Å². The second kappa shape index (κ2) is 10.1. The first-order chi connectivity index (χ1) is 15.3. The van der Waals surface area contributed by atoms with Gasteiger partial charge in [0.2, 0.25) is 0 Å². The van der Waals surface area contributed by atoms with Crippen LogP contribution in [0, 0.1) is 10.1 Å². The van der Waals surface area contributed by atoms with Gasteiger partial charge in [-0.3, -0.25) is 24.6 Å². The van der Waals surface area contributed by atoms with Crippen LogP contribution in [-0.2, 0) is 14.3 Å². The maximum Gasteiger partial charge on any atom is 0.278 e. The summed E-state index contributed by atoms with van der Waals surface area (Å²) in [4.78, 5) is 37.9. The van der Waals surface area contributed by atoms with Crippen molar-refractivity contribution in [2.75, 3.05) is 25.1 Å². The Hall–Kier alpha value is -3.72. The molecule has 0 radical (unpaired) electrons. The summed E-state index contributed by atoms with van der Waals surface area (Å²) in [5.41, 5.74) is 1.13. The summed E-state index contributed by atoms with van der Waals surface area (Å²) in [6, 6.07) is 12.6. The highest BCUT2D eigenvalue weighted by atomic mass is 16.6. The molecule has 3 rings (SSSR count). The number of nitrogens with one attached hydrogen (secondary N) is 1. The number of nitro groups is 1. The van der Waals surface area contributed by atoms with E-state index in [1.807, 2.05) is 20.8 Å². The fourth-order valence-corrected chi connectivity index (χ4v) is 3.27. The van der Waals surface area contributed by atoms with Crippen LogP contribution >= 0.6 is 0 Å². The summed E-state index contributed by atoms with van der Waals surface area (Å²) in [6.07, 6.45) is -0.0381. The Balaban J connectivity index is 1.97. The molecule has 0 spiro atoms. The number of ether oxygens (including phenoxy) is 2. The van der Waals surface area contributed by atoms with Crippen LogP contribution < -0.4 is 10.1 Å². The van der Waals surface area contributed by atoms with Crippen molar-refractivity contribution in [1.29, 1.82) is 0 Å². The molecule has 0 bridgehead atoms. The second-order valence-corrected chi connectivity index (χ2v) is 7.32. The average Bonchev–Trinajstić information content (AvgIpc) is 2.98. The third-order valence-electron chi connectivity index (χ3n) is 4.72. The van der Waals surface area contributed by atoms with E-state index in [1.165, 1.54) is 24.3 Å². The van der Waals surface area contributed by atoms with E-state index < -0.39 is 16.7 Å². The second-order valence-electron chi connectivity index (χ2n) is 7.32. The molecule has 0 atom stereocenters. The molecule has 2 aromatic rings. The number of benzene rings is 2. The van der Waals surface area contributed by atoms with Crippen molar-refractivity contribution in [3.05, 3.63) is 69.9 Å². The van der Waals surface area contributed by atoms with Crippen molar-refractivity contribution in [3.8, 4) is 5.75 Å². The fourth-order valence-electron chi connectivity index (χ4n) is 3.27. The van der Waals surface area contributed by atoms with Gasteiger partial charge >= 0.3 is 0 Å². The van der Waals surface area contributed by atoms with E-state index in [-0.39, 0.29) is 36.2 Å². The molecular formula is C23H25N3O6. The summed E-state index contributed by atoms with van der Waals surface area (Å²) in [7, 11) is 0. The third-order valence-corrected chi connectivity index (χ3v) is 4.72. The van der Waals surface area contributed by atoms with Crippen LogP contribution in [0.25, 0.3) is 5.57 Å². The maximum absolute atomic E-state index is 13.2. The number of non-ortho nitro benzene ring substituents is 1. The number of anilines is 1. The molecule has 1 aliphatic heterocycles. The molecule has 1 heterocycles. The summed E-state index contributed by atoms with van der Waals surface area (Å²) in [5, 5.41) is 14.0. The SMILES string of the molecule is CCOc1cccc(NC2=C(c3ccc([N+](=O)[O-])cc3)C(=O)N(CCOC(C)C)C2=O)c1. The maximum atomic E-state index is 13.2. The monoisotopic (exact) mass is 439 g/mol. The summed E-state index contributed by atoms with van der Waals surface area (Å²) >= 11 is 0. The fraction of sp³-hybridized carbons (Fsp3) is 0.304. The first-order valence-corrected chi connectivity index (χ1v) is 10.3. The van der Waals surface area contributed by atoms with Crippen LogP contribution in [0.15, 0.2) is 54.2 Å². The molecule has 2 amide bonds. The van der Waals surface area contributed by atoms with Crippen LogP contribution in [0.3, 0.4) is 0 Å². The smallest absolute Gasteiger partial charge is 0.278 e. The van der Waals surface area contributed by atoms with Gasteiger partial charge in [-0.1, -0.05) is 6.07 Å². The highest BCUT2D eigenvalue weighted by Crippen LogP contribution is 2.32. The Bertz CT molecular complexity index is 1050. The molecule has 0 unspecified atom stereocenters. The molecule has 9 nitrogen and oxygen atoms in total. The summed E-state index contributed by atoms with van der Waals surface area (Å²) in [5.74, 6) is -0.355. The number of nitro benzene ring substituents is 1. The van der Waals surface area contributed by atoms with Crippen LogP contribution in [0.5, 0.6) is 5.75 Å². The Kier molecular flexibility index (Phi) is 7.21. The summed E-state index contributed by atoms with van der Waals surface area (Å²) in [6.45, 7) is 6.39. The van der Waals surface area contributed by atoms with Crippen molar-refractivity contribution >= 4 is 28.8 Å². The van der Waals surface area contributed by atoms with E-state index in [0.717, 1.165) is 4.90 Å². The minimum Gasteiger partial charge on any atom is -0.494 e. The van der Waals surface area contributed by atoms with Gasteiger partial charge < -0.3 is 14.8 Å². The lowest BCUT2D eigenvalue weighted by atomic mass is 10.0. The summed E-state index contributed by atoms with van der Waals surface area (Å²) < 4.78 is 11.0. The molecule has 0 fully saturated rings. The molecule has 32 heavy (non-hydrogen) atoms. The molecule has 168 valence electrons. The minimum absolute atomic E-state index is 0.0381. The number of amides is 2. The van der Waals surface area contributed by atoms with Gasteiger partial charge in [0.05, 0.1) is 36.4 Å². The lowest BCUT2D eigenvalue weighted by Crippen LogP contribution is -2.35. The zero-order chi connectivity index (χ0) is 23.3. The number of carbonyl (C=O) groups is 2. The van der Waals surface area contributed by atoms with Crippen molar-refractivity contribution in [3.63, 3.8) is 0 Å². The highest BCUT2D eigenvalue weighted by molar-refractivity contribution is 6.36. The topological polar surface area (TPSA) is 111 Å².